The first-order valence-electron chi connectivity index (χ1n) is 9.32. The number of benzene rings is 1. The minimum absolute atomic E-state index is 0.263. The molecule has 0 unspecified atom stereocenters. The van der Waals surface area contributed by atoms with Gasteiger partial charge in [-0.05, 0) is 60.0 Å². The molecule has 0 aliphatic heterocycles. The molecule has 2 heterocycles. The van der Waals surface area contributed by atoms with Crippen molar-refractivity contribution in [2.75, 3.05) is 11.9 Å². The van der Waals surface area contributed by atoms with Gasteiger partial charge >= 0.3 is 6.03 Å². The second-order valence-electron chi connectivity index (χ2n) is 6.82. The van der Waals surface area contributed by atoms with Crippen molar-refractivity contribution in [1.82, 2.24) is 15.3 Å². The second-order valence-corrected chi connectivity index (χ2v) is 6.82. The number of aromatic nitrogens is 2. The lowest BCUT2D eigenvalue weighted by molar-refractivity contribution is 0.252. The van der Waals surface area contributed by atoms with Gasteiger partial charge in [-0.3, -0.25) is 10.3 Å². The Morgan fingerprint density at radius 3 is 2.78 bits per heavy atom. The molecule has 3 aromatic rings. The Hall–Kier alpha value is -2.99. The van der Waals surface area contributed by atoms with Crippen LogP contribution in [0.3, 0.4) is 0 Å². The number of urea groups is 1. The standard InChI is InChI=1S/C21H23N5O/c1-2-23-21(27)26-20-10-17-16(6-5-15(11-22)18(17)12-25-20)14-7-8-24-19(9-14)13-3-4-13/h5-10,12-13H,2-4,11,22H2,1H3,(H2,23,25,26,27). The van der Waals surface area contributed by atoms with Crippen molar-refractivity contribution in [3.8, 4) is 11.1 Å². The maximum absolute atomic E-state index is 11.9. The van der Waals surface area contributed by atoms with E-state index in [4.69, 9.17) is 5.73 Å². The third-order valence-electron chi connectivity index (χ3n) is 4.88. The molecule has 4 N–H and O–H groups in total. The van der Waals surface area contributed by atoms with E-state index in [1.54, 1.807) is 6.20 Å². The number of nitrogens with zero attached hydrogens (tertiary/aromatic N) is 2. The minimum atomic E-state index is -0.263. The molecule has 138 valence electrons. The third kappa shape index (κ3) is 3.61. The number of nitrogens with two attached hydrogens (primary N) is 1. The molecule has 0 saturated heterocycles. The number of anilines is 1. The molecule has 2 aromatic heterocycles. The van der Waals surface area contributed by atoms with Gasteiger partial charge in [0.05, 0.1) is 0 Å². The van der Waals surface area contributed by atoms with Crippen molar-refractivity contribution in [3.63, 3.8) is 0 Å². The van der Waals surface area contributed by atoms with Crippen molar-refractivity contribution < 1.29 is 4.79 Å². The normalized spacial score (nSPS) is 13.6. The van der Waals surface area contributed by atoms with Crippen molar-refractivity contribution in [2.24, 2.45) is 5.73 Å². The highest BCUT2D eigenvalue weighted by molar-refractivity contribution is 6.00. The number of fused-ring (bicyclic) bond motifs is 1. The maximum atomic E-state index is 11.9. The van der Waals surface area contributed by atoms with E-state index < -0.39 is 0 Å². The van der Waals surface area contributed by atoms with Gasteiger partial charge in [0.2, 0.25) is 0 Å². The number of carbonyl (C=O) groups is 1. The number of carbonyl (C=O) groups excluding carboxylic acids is 1. The summed E-state index contributed by atoms with van der Waals surface area (Å²) in [5, 5.41) is 7.53. The molecular formula is C21H23N5O. The molecule has 1 aliphatic rings. The largest absolute Gasteiger partial charge is 0.338 e. The molecule has 6 heteroatoms. The lowest BCUT2D eigenvalue weighted by atomic mass is 9.96. The molecule has 1 fully saturated rings. The van der Waals surface area contributed by atoms with Crippen LogP contribution in [0.1, 0.15) is 36.9 Å². The number of pyridine rings is 2. The first-order valence-corrected chi connectivity index (χ1v) is 9.32. The number of rotatable bonds is 5. The summed E-state index contributed by atoms with van der Waals surface area (Å²) in [6.07, 6.45) is 6.09. The molecule has 0 bridgehead atoms. The van der Waals surface area contributed by atoms with E-state index in [0.717, 1.165) is 33.2 Å². The highest BCUT2D eigenvalue weighted by Crippen LogP contribution is 2.40. The smallest absolute Gasteiger partial charge is 0.320 e. The number of hydrogen-bond acceptors (Lipinski definition) is 4. The average molecular weight is 361 g/mol. The maximum Gasteiger partial charge on any atom is 0.320 e. The molecule has 1 aromatic carbocycles. The monoisotopic (exact) mass is 361 g/mol. The zero-order valence-electron chi connectivity index (χ0n) is 15.3. The lowest BCUT2D eigenvalue weighted by Crippen LogP contribution is -2.28. The SMILES string of the molecule is CCNC(=O)Nc1cc2c(-c3ccnc(C4CC4)c3)ccc(CN)c2cn1. The molecule has 6 nitrogen and oxygen atoms in total. The Bertz CT molecular complexity index is 997. The highest BCUT2D eigenvalue weighted by atomic mass is 16.2. The van der Waals surface area contributed by atoms with Gasteiger partial charge < -0.3 is 11.1 Å². The Morgan fingerprint density at radius 2 is 2.04 bits per heavy atom. The fourth-order valence-corrected chi connectivity index (χ4v) is 3.33. The summed E-state index contributed by atoms with van der Waals surface area (Å²) in [5.41, 5.74) is 10.3. The number of amides is 2. The molecule has 4 rings (SSSR count). The average Bonchev–Trinajstić information content (AvgIpc) is 3.52. The zero-order valence-corrected chi connectivity index (χ0v) is 15.3. The summed E-state index contributed by atoms with van der Waals surface area (Å²) in [7, 11) is 0. The second kappa shape index (κ2) is 7.32. The van der Waals surface area contributed by atoms with Crippen molar-refractivity contribution >= 4 is 22.6 Å². The van der Waals surface area contributed by atoms with Crippen LogP contribution in [0.4, 0.5) is 10.6 Å². The van der Waals surface area contributed by atoms with Crippen LogP contribution in [0, 0.1) is 0 Å². The topological polar surface area (TPSA) is 92.9 Å². The fourth-order valence-electron chi connectivity index (χ4n) is 3.33. The van der Waals surface area contributed by atoms with Gasteiger partial charge in [-0.15, -0.1) is 0 Å². The fraction of sp³-hybridized carbons (Fsp3) is 0.286. The summed E-state index contributed by atoms with van der Waals surface area (Å²) < 4.78 is 0. The van der Waals surface area contributed by atoms with Crippen LogP contribution in [0.15, 0.2) is 42.7 Å². The van der Waals surface area contributed by atoms with Gasteiger partial charge in [-0.1, -0.05) is 12.1 Å². The van der Waals surface area contributed by atoms with Crippen LogP contribution in [0.25, 0.3) is 21.9 Å². The Kier molecular flexibility index (Phi) is 4.73. The summed E-state index contributed by atoms with van der Waals surface area (Å²) in [6, 6.07) is 9.99. The van der Waals surface area contributed by atoms with Gasteiger partial charge in [0, 0.05) is 42.5 Å². The van der Waals surface area contributed by atoms with E-state index in [1.807, 2.05) is 31.3 Å². The molecular weight excluding hydrogens is 338 g/mol. The van der Waals surface area contributed by atoms with E-state index in [-0.39, 0.29) is 6.03 Å². The number of nitrogens with one attached hydrogen (secondary N) is 2. The highest BCUT2D eigenvalue weighted by Gasteiger charge is 2.25. The van der Waals surface area contributed by atoms with Crippen LogP contribution < -0.4 is 16.4 Å². The Balaban J connectivity index is 1.81. The van der Waals surface area contributed by atoms with Crippen molar-refractivity contribution in [2.45, 2.75) is 32.2 Å². The van der Waals surface area contributed by atoms with Crippen LogP contribution in [-0.2, 0) is 6.54 Å². The van der Waals surface area contributed by atoms with Crippen LogP contribution in [-0.4, -0.2) is 22.5 Å². The minimum Gasteiger partial charge on any atom is -0.338 e. The Labute approximate surface area is 158 Å². The molecule has 1 saturated carbocycles. The number of hydrogen-bond donors (Lipinski definition) is 3. The molecule has 27 heavy (non-hydrogen) atoms. The molecule has 0 radical (unpaired) electrons. The lowest BCUT2D eigenvalue weighted by Gasteiger charge is -2.13. The van der Waals surface area contributed by atoms with Crippen LogP contribution in [0.2, 0.25) is 0 Å². The van der Waals surface area contributed by atoms with E-state index in [0.29, 0.717) is 24.8 Å². The van der Waals surface area contributed by atoms with Gasteiger partial charge in [-0.2, -0.15) is 0 Å². The summed E-state index contributed by atoms with van der Waals surface area (Å²) >= 11 is 0. The van der Waals surface area contributed by atoms with Crippen molar-refractivity contribution in [1.29, 1.82) is 0 Å². The molecule has 0 atom stereocenters. The predicted molar refractivity (Wildman–Crippen MR) is 108 cm³/mol. The van der Waals surface area contributed by atoms with E-state index in [9.17, 15) is 4.79 Å². The zero-order chi connectivity index (χ0) is 18.8. The van der Waals surface area contributed by atoms with Gasteiger partial charge in [-0.25, -0.2) is 9.78 Å². The predicted octanol–water partition coefficient (Wildman–Crippen LogP) is 3.77. The third-order valence-corrected chi connectivity index (χ3v) is 4.88. The molecule has 1 aliphatic carbocycles. The first kappa shape index (κ1) is 17.4. The summed E-state index contributed by atoms with van der Waals surface area (Å²) in [4.78, 5) is 20.8. The molecule has 0 spiro atoms. The Morgan fingerprint density at radius 1 is 1.19 bits per heavy atom. The van der Waals surface area contributed by atoms with Gasteiger partial charge in [0.25, 0.3) is 0 Å². The van der Waals surface area contributed by atoms with E-state index in [2.05, 4.69) is 32.7 Å². The molecule has 2 amide bonds. The van der Waals surface area contributed by atoms with Crippen LogP contribution in [0.5, 0.6) is 0 Å². The van der Waals surface area contributed by atoms with Gasteiger partial charge in [0.15, 0.2) is 0 Å². The summed E-state index contributed by atoms with van der Waals surface area (Å²) in [6.45, 7) is 2.87. The van der Waals surface area contributed by atoms with E-state index in [1.165, 1.54) is 12.8 Å². The van der Waals surface area contributed by atoms with Gasteiger partial charge in [0.1, 0.15) is 5.82 Å². The van der Waals surface area contributed by atoms with E-state index >= 15 is 0 Å². The summed E-state index contributed by atoms with van der Waals surface area (Å²) in [5.74, 6) is 1.11. The first-order chi connectivity index (χ1) is 13.2. The quantitative estimate of drug-likeness (QED) is 0.645. The van der Waals surface area contributed by atoms with Crippen molar-refractivity contribution in [3.05, 3.63) is 54.0 Å². The van der Waals surface area contributed by atoms with Crippen LogP contribution >= 0.6 is 0 Å².